The predicted octanol–water partition coefficient (Wildman–Crippen LogP) is 0.467. The molecule has 0 unspecified atom stereocenters. The van der Waals surface area contributed by atoms with Gasteiger partial charge in [-0.15, -0.1) is 0 Å². The van der Waals surface area contributed by atoms with Crippen molar-refractivity contribution in [1.29, 1.82) is 0 Å². The molecule has 5 heteroatoms. The van der Waals surface area contributed by atoms with Crippen molar-refractivity contribution in [3.05, 3.63) is 0 Å². The molecule has 0 amide bonds. The van der Waals surface area contributed by atoms with E-state index in [2.05, 4.69) is 0 Å². The van der Waals surface area contributed by atoms with Crippen LogP contribution in [0.5, 0.6) is 0 Å². The van der Waals surface area contributed by atoms with Gasteiger partial charge in [0.05, 0.1) is 0 Å². The summed E-state index contributed by atoms with van der Waals surface area (Å²) in [4.78, 5) is 0. The molecule has 0 aromatic carbocycles. The van der Waals surface area contributed by atoms with E-state index in [0.29, 0.717) is 0 Å². The molecule has 0 aromatic heterocycles. The lowest BCUT2D eigenvalue weighted by atomic mass is 9.97. The first-order valence-corrected chi connectivity index (χ1v) is 3.80. The molecule has 0 aliphatic heterocycles. The van der Waals surface area contributed by atoms with Gasteiger partial charge < -0.3 is 20.9 Å². The minimum atomic E-state index is -1.58. The van der Waals surface area contributed by atoms with Crippen molar-refractivity contribution in [1.82, 2.24) is 6.15 Å². The van der Waals surface area contributed by atoms with Crippen LogP contribution in [0.15, 0.2) is 0 Å². The molecule has 1 rings (SSSR count). The van der Waals surface area contributed by atoms with Gasteiger partial charge in [-0.05, 0) is 12.8 Å². The summed E-state index contributed by atoms with van der Waals surface area (Å²) in [6, 6.07) is 0. The second-order valence-electron chi connectivity index (χ2n) is 2.72. The first-order chi connectivity index (χ1) is 4.79. The SMILES string of the molecule is N.OB(O)OC1CCCCC1. The third kappa shape index (κ3) is 4.37. The van der Waals surface area contributed by atoms with Crippen molar-refractivity contribution in [3.8, 4) is 0 Å². The zero-order valence-corrected chi connectivity index (χ0v) is 6.70. The molecule has 11 heavy (non-hydrogen) atoms. The lowest BCUT2D eigenvalue weighted by Crippen LogP contribution is -2.27. The molecule has 0 aromatic rings. The molecule has 0 spiro atoms. The van der Waals surface area contributed by atoms with Crippen LogP contribution in [0.3, 0.4) is 0 Å². The molecule has 0 bridgehead atoms. The van der Waals surface area contributed by atoms with Crippen molar-refractivity contribution < 1.29 is 14.7 Å². The summed E-state index contributed by atoms with van der Waals surface area (Å²) < 4.78 is 4.80. The van der Waals surface area contributed by atoms with Gasteiger partial charge in [0.2, 0.25) is 0 Å². The first-order valence-electron chi connectivity index (χ1n) is 3.80. The summed E-state index contributed by atoms with van der Waals surface area (Å²) in [6.45, 7) is 0. The van der Waals surface area contributed by atoms with E-state index in [-0.39, 0.29) is 12.3 Å². The summed E-state index contributed by atoms with van der Waals surface area (Å²) >= 11 is 0. The third-order valence-electron chi connectivity index (χ3n) is 1.87. The Labute approximate surface area is 67.3 Å². The van der Waals surface area contributed by atoms with E-state index in [1.807, 2.05) is 0 Å². The van der Waals surface area contributed by atoms with Gasteiger partial charge in [0.25, 0.3) is 0 Å². The summed E-state index contributed by atoms with van der Waals surface area (Å²) in [7, 11) is -1.58. The second-order valence-corrected chi connectivity index (χ2v) is 2.72. The Hall–Kier alpha value is -0.0951. The first kappa shape index (κ1) is 10.9. The molecule has 0 heterocycles. The normalized spacial score (nSPS) is 19.1. The van der Waals surface area contributed by atoms with Gasteiger partial charge in [0.1, 0.15) is 0 Å². The van der Waals surface area contributed by atoms with E-state index in [1.54, 1.807) is 0 Å². The summed E-state index contributed by atoms with van der Waals surface area (Å²) in [5, 5.41) is 16.9. The van der Waals surface area contributed by atoms with Crippen molar-refractivity contribution in [2.45, 2.75) is 38.2 Å². The lowest BCUT2D eigenvalue weighted by molar-refractivity contribution is 0.0899. The van der Waals surface area contributed by atoms with Crippen LogP contribution in [0.1, 0.15) is 32.1 Å². The van der Waals surface area contributed by atoms with Crippen molar-refractivity contribution in [2.24, 2.45) is 0 Å². The number of hydrogen-bond acceptors (Lipinski definition) is 4. The van der Waals surface area contributed by atoms with Crippen LogP contribution in [0.25, 0.3) is 0 Å². The highest BCUT2D eigenvalue weighted by Crippen LogP contribution is 2.19. The Morgan fingerprint density at radius 2 is 1.64 bits per heavy atom. The van der Waals surface area contributed by atoms with Crippen molar-refractivity contribution >= 4 is 7.32 Å². The van der Waals surface area contributed by atoms with E-state index in [4.69, 9.17) is 14.7 Å². The maximum absolute atomic E-state index is 8.44. The van der Waals surface area contributed by atoms with E-state index in [0.717, 1.165) is 25.7 Å². The summed E-state index contributed by atoms with van der Waals surface area (Å²) in [5.74, 6) is 0. The monoisotopic (exact) mass is 161 g/mol. The van der Waals surface area contributed by atoms with E-state index < -0.39 is 7.32 Å². The predicted molar refractivity (Wildman–Crippen MR) is 43.2 cm³/mol. The average Bonchev–Trinajstić information content (AvgIpc) is 1.88. The van der Waals surface area contributed by atoms with Crippen LogP contribution in [-0.4, -0.2) is 23.5 Å². The zero-order chi connectivity index (χ0) is 7.40. The van der Waals surface area contributed by atoms with Crippen LogP contribution >= 0.6 is 0 Å². The molecule has 0 atom stereocenters. The molecular formula is C6H16BNO3. The molecule has 0 saturated heterocycles. The Bertz CT molecular complexity index is 95.8. The van der Waals surface area contributed by atoms with Crippen molar-refractivity contribution in [2.75, 3.05) is 0 Å². The Kier molecular flexibility index (Phi) is 5.49. The van der Waals surface area contributed by atoms with Gasteiger partial charge in [-0.3, -0.25) is 0 Å². The molecule has 1 aliphatic rings. The standard InChI is InChI=1S/C6H13BO3.H3N/c8-7(9)10-6-4-2-1-3-5-6;/h6,8-9H,1-5H2;1H3. The Morgan fingerprint density at radius 3 is 2.09 bits per heavy atom. The maximum atomic E-state index is 8.44. The average molecular weight is 161 g/mol. The molecule has 1 fully saturated rings. The van der Waals surface area contributed by atoms with Crippen LogP contribution < -0.4 is 6.15 Å². The Morgan fingerprint density at radius 1 is 1.09 bits per heavy atom. The molecule has 4 nitrogen and oxygen atoms in total. The lowest BCUT2D eigenvalue weighted by Gasteiger charge is -2.21. The van der Waals surface area contributed by atoms with E-state index in [1.165, 1.54) is 6.42 Å². The highest BCUT2D eigenvalue weighted by Gasteiger charge is 2.19. The van der Waals surface area contributed by atoms with Gasteiger partial charge in [-0.2, -0.15) is 0 Å². The highest BCUT2D eigenvalue weighted by atomic mass is 16.6. The van der Waals surface area contributed by atoms with Gasteiger partial charge >= 0.3 is 7.32 Å². The molecule has 5 N–H and O–H groups in total. The van der Waals surface area contributed by atoms with Crippen molar-refractivity contribution in [3.63, 3.8) is 0 Å². The van der Waals surface area contributed by atoms with Gasteiger partial charge in [0, 0.05) is 6.10 Å². The highest BCUT2D eigenvalue weighted by molar-refractivity contribution is 6.32. The minimum absolute atomic E-state index is 0. The fourth-order valence-corrected chi connectivity index (χ4v) is 1.37. The largest absolute Gasteiger partial charge is 0.634 e. The summed E-state index contributed by atoms with van der Waals surface area (Å²) in [5.41, 5.74) is 0. The molecule has 1 saturated carbocycles. The van der Waals surface area contributed by atoms with Crippen LogP contribution in [-0.2, 0) is 4.65 Å². The fourth-order valence-electron chi connectivity index (χ4n) is 1.37. The fraction of sp³-hybridized carbons (Fsp3) is 1.00. The maximum Gasteiger partial charge on any atom is 0.634 e. The minimum Gasteiger partial charge on any atom is -0.402 e. The van der Waals surface area contributed by atoms with E-state index >= 15 is 0 Å². The summed E-state index contributed by atoms with van der Waals surface area (Å²) in [6.07, 6.45) is 5.57. The Balaban J connectivity index is 0.000001000. The molecule has 1 aliphatic carbocycles. The van der Waals surface area contributed by atoms with Crippen LogP contribution in [0.4, 0.5) is 0 Å². The third-order valence-corrected chi connectivity index (χ3v) is 1.87. The van der Waals surface area contributed by atoms with E-state index in [9.17, 15) is 0 Å². The smallest absolute Gasteiger partial charge is 0.402 e. The second kappa shape index (κ2) is 5.54. The number of hydrogen-bond donors (Lipinski definition) is 3. The zero-order valence-electron chi connectivity index (χ0n) is 6.70. The van der Waals surface area contributed by atoms with Gasteiger partial charge in [-0.1, -0.05) is 19.3 Å². The quantitative estimate of drug-likeness (QED) is 0.513. The van der Waals surface area contributed by atoms with Gasteiger partial charge in [-0.25, -0.2) is 0 Å². The number of rotatable bonds is 2. The van der Waals surface area contributed by atoms with Gasteiger partial charge in [0.15, 0.2) is 0 Å². The molecule has 0 radical (unpaired) electrons. The van der Waals surface area contributed by atoms with Crippen LogP contribution in [0.2, 0.25) is 0 Å². The molecule has 66 valence electrons. The topological polar surface area (TPSA) is 84.7 Å². The molecular weight excluding hydrogens is 145 g/mol. The van der Waals surface area contributed by atoms with Crippen LogP contribution in [0, 0.1) is 0 Å².